The van der Waals surface area contributed by atoms with Crippen LogP contribution in [0.3, 0.4) is 0 Å². The summed E-state index contributed by atoms with van der Waals surface area (Å²) in [4.78, 5) is 12.5. The molecule has 0 saturated heterocycles. The van der Waals surface area contributed by atoms with Crippen LogP contribution in [-0.2, 0) is 14.8 Å². The number of rotatable bonds is 6. The van der Waals surface area contributed by atoms with Gasteiger partial charge in [0.25, 0.3) is 0 Å². The minimum atomic E-state index is -3.83. The number of carbonyl (C=O) groups is 1. The molecule has 0 aromatic heterocycles. The lowest BCUT2D eigenvalue weighted by atomic mass is 10.2. The van der Waals surface area contributed by atoms with Crippen molar-refractivity contribution in [2.24, 2.45) is 0 Å². The minimum Gasteiger partial charge on any atom is -0.306 e. The summed E-state index contributed by atoms with van der Waals surface area (Å²) in [5, 5.41) is 0.386. The lowest BCUT2D eigenvalue weighted by Crippen LogP contribution is -2.38. The molecule has 25 heavy (non-hydrogen) atoms. The van der Waals surface area contributed by atoms with Crippen molar-refractivity contribution in [3.05, 3.63) is 59.1 Å². The van der Waals surface area contributed by atoms with Gasteiger partial charge in [-0.05, 0) is 36.4 Å². The quantitative estimate of drug-likeness (QED) is 0.827. The Morgan fingerprint density at radius 2 is 1.68 bits per heavy atom. The number of amides is 1. The summed E-state index contributed by atoms with van der Waals surface area (Å²) in [6.45, 7) is 0.678. The maximum absolute atomic E-state index is 13.8. The van der Waals surface area contributed by atoms with Gasteiger partial charge in [-0.1, -0.05) is 17.7 Å². The molecule has 0 unspecified atom stereocenters. The van der Waals surface area contributed by atoms with Gasteiger partial charge < -0.3 is 4.90 Å². The zero-order valence-electron chi connectivity index (χ0n) is 13.2. The zero-order valence-corrected chi connectivity index (χ0v) is 14.7. The van der Waals surface area contributed by atoms with Gasteiger partial charge in [0.05, 0.1) is 4.90 Å². The van der Waals surface area contributed by atoms with Crippen LogP contribution in [0.1, 0.15) is 6.92 Å². The summed E-state index contributed by atoms with van der Waals surface area (Å²) in [7, 11) is -3.83. The number of benzene rings is 2. The third-order valence-corrected chi connectivity index (χ3v) is 5.07. The smallest absolute Gasteiger partial charge is 0.240 e. The molecular formula is C16H15ClF2N2O3S. The molecule has 0 aliphatic rings. The molecule has 1 amide bonds. The van der Waals surface area contributed by atoms with E-state index in [2.05, 4.69) is 4.72 Å². The summed E-state index contributed by atoms with van der Waals surface area (Å²) in [6, 6.07) is 8.71. The Morgan fingerprint density at radius 1 is 1.12 bits per heavy atom. The molecule has 134 valence electrons. The first-order chi connectivity index (χ1) is 11.7. The summed E-state index contributed by atoms with van der Waals surface area (Å²) < 4.78 is 54.3. The third kappa shape index (κ3) is 4.75. The molecule has 0 spiro atoms. The van der Waals surface area contributed by atoms with Crippen LogP contribution in [-0.4, -0.2) is 27.4 Å². The summed E-state index contributed by atoms with van der Waals surface area (Å²) in [5.41, 5.74) is -0.513. The van der Waals surface area contributed by atoms with Gasteiger partial charge in [-0.15, -0.1) is 0 Å². The highest BCUT2D eigenvalue weighted by atomic mass is 35.5. The number of carbonyl (C=O) groups excluding carboxylic acids is 1. The lowest BCUT2D eigenvalue weighted by molar-refractivity contribution is -0.116. The van der Waals surface area contributed by atoms with Crippen LogP contribution in [0.15, 0.2) is 47.4 Å². The number of hydrogen-bond donors (Lipinski definition) is 1. The van der Waals surface area contributed by atoms with Gasteiger partial charge in [-0.25, -0.2) is 21.9 Å². The van der Waals surface area contributed by atoms with Crippen LogP contribution in [0.25, 0.3) is 0 Å². The van der Waals surface area contributed by atoms with Crippen molar-refractivity contribution in [1.82, 2.24) is 4.72 Å². The highest BCUT2D eigenvalue weighted by Gasteiger charge is 2.21. The van der Waals surface area contributed by atoms with Crippen LogP contribution in [0.2, 0.25) is 5.02 Å². The molecule has 0 saturated carbocycles. The Hall–Kier alpha value is -2.03. The Bertz CT molecular complexity index is 853. The van der Waals surface area contributed by atoms with Crippen molar-refractivity contribution in [1.29, 1.82) is 0 Å². The average molecular weight is 389 g/mol. The van der Waals surface area contributed by atoms with Gasteiger partial charge in [-0.3, -0.25) is 4.79 Å². The van der Waals surface area contributed by atoms with Crippen molar-refractivity contribution >= 4 is 33.2 Å². The fourth-order valence-electron chi connectivity index (χ4n) is 2.16. The molecule has 0 atom stereocenters. The number of hydrogen-bond acceptors (Lipinski definition) is 3. The molecule has 5 nitrogen and oxygen atoms in total. The van der Waals surface area contributed by atoms with E-state index in [1.54, 1.807) is 0 Å². The molecule has 2 aromatic carbocycles. The second kappa shape index (κ2) is 7.90. The second-order valence-electron chi connectivity index (χ2n) is 5.09. The molecule has 0 bridgehead atoms. The summed E-state index contributed by atoms with van der Waals surface area (Å²) in [5.74, 6) is -2.43. The zero-order chi connectivity index (χ0) is 18.6. The lowest BCUT2D eigenvalue weighted by Gasteiger charge is -2.22. The number of para-hydroxylation sites is 1. The molecule has 2 aromatic rings. The van der Waals surface area contributed by atoms with E-state index in [0.29, 0.717) is 5.02 Å². The highest BCUT2D eigenvalue weighted by Crippen LogP contribution is 2.23. The largest absolute Gasteiger partial charge is 0.306 e. The predicted octanol–water partition coefficient (Wildman–Crippen LogP) is 2.95. The molecule has 1 N–H and O–H groups in total. The molecule has 2 rings (SSSR count). The van der Waals surface area contributed by atoms with E-state index in [9.17, 15) is 22.0 Å². The summed E-state index contributed by atoms with van der Waals surface area (Å²) in [6.07, 6.45) is 0. The first kappa shape index (κ1) is 19.3. The van der Waals surface area contributed by atoms with Crippen LogP contribution >= 0.6 is 11.6 Å². The molecule has 0 fully saturated rings. The van der Waals surface area contributed by atoms with Crippen molar-refractivity contribution < 1.29 is 22.0 Å². The van der Waals surface area contributed by atoms with E-state index in [-0.39, 0.29) is 18.0 Å². The number of sulfonamides is 1. The van der Waals surface area contributed by atoms with E-state index >= 15 is 0 Å². The van der Waals surface area contributed by atoms with Crippen molar-refractivity contribution in [2.75, 3.05) is 18.0 Å². The fourth-order valence-corrected chi connectivity index (χ4v) is 3.31. The first-order valence-corrected chi connectivity index (χ1v) is 9.06. The van der Waals surface area contributed by atoms with E-state index < -0.39 is 33.3 Å². The van der Waals surface area contributed by atoms with E-state index in [4.69, 9.17) is 11.6 Å². The molecule has 0 radical (unpaired) electrons. The van der Waals surface area contributed by atoms with Crippen molar-refractivity contribution in [3.63, 3.8) is 0 Å². The Kier molecular flexibility index (Phi) is 6.10. The summed E-state index contributed by atoms with van der Waals surface area (Å²) >= 11 is 5.71. The Morgan fingerprint density at radius 3 is 2.20 bits per heavy atom. The maximum atomic E-state index is 13.8. The van der Waals surface area contributed by atoms with E-state index in [1.165, 1.54) is 30.3 Å². The van der Waals surface area contributed by atoms with E-state index in [0.717, 1.165) is 24.0 Å². The van der Waals surface area contributed by atoms with Crippen LogP contribution in [0, 0.1) is 11.6 Å². The normalized spacial score (nSPS) is 11.4. The maximum Gasteiger partial charge on any atom is 0.240 e. The van der Waals surface area contributed by atoms with Gasteiger partial charge in [0.15, 0.2) is 0 Å². The van der Waals surface area contributed by atoms with Gasteiger partial charge >= 0.3 is 0 Å². The Balaban J connectivity index is 2.12. The van der Waals surface area contributed by atoms with Gasteiger partial charge in [0.1, 0.15) is 17.3 Å². The predicted molar refractivity (Wildman–Crippen MR) is 91.0 cm³/mol. The molecular weight excluding hydrogens is 374 g/mol. The monoisotopic (exact) mass is 388 g/mol. The standard InChI is InChI=1S/C16H15ClF2N2O3S/c1-11(22)21(16-14(18)3-2-4-15(16)19)10-9-20-25(23,24)13-7-5-12(17)6-8-13/h2-8,20H,9-10H2,1H3. The van der Waals surface area contributed by atoms with Crippen LogP contribution < -0.4 is 9.62 Å². The first-order valence-electron chi connectivity index (χ1n) is 7.20. The van der Waals surface area contributed by atoms with Crippen molar-refractivity contribution in [2.45, 2.75) is 11.8 Å². The number of nitrogens with zero attached hydrogens (tertiary/aromatic N) is 1. The number of nitrogens with one attached hydrogen (secondary N) is 1. The number of anilines is 1. The SMILES string of the molecule is CC(=O)N(CCNS(=O)(=O)c1ccc(Cl)cc1)c1c(F)cccc1F. The van der Waals surface area contributed by atoms with Gasteiger partial charge in [0, 0.05) is 25.0 Å². The second-order valence-corrected chi connectivity index (χ2v) is 7.30. The fraction of sp³-hybridized carbons (Fsp3) is 0.188. The molecule has 0 aliphatic heterocycles. The Labute approximate surface area is 149 Å². The molecule has 0 heterocycles. The molecule has 9 heteroatoms. The van der Waals surface area contributed by atoms with Crippen molar-refractivity contribution in [3.8, 4) is 0 Å². The topological polar surface area (TPSA) is 66.5 Å². The van der Waals surface area contributed by atoms with Crippen LogP contribution in [0.4, 0.5) is 14.5 Å². The van der Waals surface area contributed by atoms with Crippen LogP contribution in [0.5, 0.6) is 0 Å². The molecule has 0 aliphatic carbocycles. The van der Waals surface area contributed by atoms with Gasteiger partial charge in [0.2, 0.25) is 15.9 Å². The number of halogens is 3. The minimum absolute atomic E-state index is 0.0108. The average Bonchev–Trinajstić information content (AvgIpc) is 2.53. The highest BCUT2D eigenvalue weighted by molar-refractivity contribution is 7.89. The van der Waals surface area contributed by atoms with Gasteiger partial charge in [-0.2, -0.15) is 0 Å². The third-order valence-electron chi connectivity index (χ3n) is 3.34. The van der Waals surface area contributed by atoms with E-state index in [1.807, 2.05) is 0 Å².